The lowest BCUT2D eigenvalue weighted by Gasteiger charge is -2.32. The molecular formula is C23H24FN5O2S2. The van der Waals surface area contributed by atoms with E-state index in [0.717, 1.165) is 23.5 Å². The summed E-state index contributed by atoms with van der Waals surface area (Å²) in [5, 5.41) is 10.6. The highest BCUT2D eigenvalue weighted by atomic mass is 32.2. The number of hydrogen-bond acceptors (Lipinski definition) is 7. The molecule has 2 atom stereocenters. The van der Waals surface area contributed by atoms with E-state index in [4.69, 9.17) is 0 Å². The van der Waals surface area contributed by atoms with Crippen molar-refractivity contribution >= 4 is 29.0 Å². The van der Waals surface area contributed by atoms with Crippen LogP contribution in [0.15, 0.2) is 34.2 Å². The van der Waals surface area contributed by atoms with Gasteiger partial charge in [-0.05, 0) is 38.8 Å². The molecule has 3 aromatic rings. The van der Waals surface area contributed by atoms with Gasteiger partial charge in [0.25, 0.3) is 5.56 Å². The van der Waals surface area contributed by atoms with Crippen LogP contribution in [-0.4, -0.2) is 49.4 Å². The average Bonchev–Trinajstić information content (AvgIpc) is 3.46. The van der Waals surface area contributed by atoms with Crippen molar-refractivity contribution in [1.29, 1.82) is 0 Å². The molecule has 0 saturated carbocycles. The zero-order chi connectivity index (χ0) is 23.1. The maximum Gasteiger partial charge on any atom is 0.257 e. The Morgan fingerprint density at radius 3 is 2.88 bits per heavy atom. The van der Waals surface area contributed by atoms with Gasteiger partial charge in [-0.15, -0.1) is 10.2 Å². The van der Waals surface area contributed by atoms with Gasteiger partial charge in [-0.25, -0.2) is 9.37 Å². The molecule has 10 heteroatoms. The van der Waals surface area contributed by atoms with Gasteiger partial charge in [-0.1, -0.05) is 35.2 Å². The molecule has 5 rings (SSSR count). The Labute approximate surface area is 199 Å². The van der Waals surface area contributed by atoms with Crippen LogP contribution in [0, 0.1) is 19.7 Å². The van der Waals surface area contributed by atoms with Crippen LogP contribution in [-0.2, 0) is 4.79 Å². The molecule has 33 heavy (non-hydrogen) atoms. The van der Waals surface area contributed by atoms with Crippen LogP contribution in [0.25, 0.3) is 10.6 Å². The molecule has 2 aliphatic heterocycles. The van der Waals surface area contributed by atoms with Crippen LogP contribution < -0.4 is 5.56 Å². The van der Waals surface area contributed by atoms with E-state index in [9.17, 15) is 14.0 Å². The van der Waals surface area contributed by atoms with Crippen molar-refractivity contribution in [2.24, 2.45) is 0 Å². The Kier molecular flexibility index (Phi) is 6.05. The van der Waals surface area contributed by atoms with Crippen LogP contribution in [0.3, 0.4) is 0 Å². The number of piperidine rings is 1. The summed E-state index contributed by atoms with van der Waals surface area (Å²) in [7, 11) is 0. The fourth-order valence-corrected chi connectivity index (χ4v) is 6.58. The molecule has 1 saturated heterocycles. The van der Waals surface area contributed by atoms with Crippen molar-refractivity contribution in [2.45, 2.75) is 50.2 Å². The van der Waals surface area contributed by atoms with E-state index in [1.165, 1.54) is 29.2 Å². The van der Waals surface area contributed by atoms with Crippen LogP contribution in [0.4, 0.5) is 4.39 Å². The van der Waals surface area contributed by atoms with Crippen LogP contribution in [0.2, 0.25) is 0 Å². The number of fused-ring (bicyclic) bond motifs is 1. The van der Waals surface area contributed by atoms with Crippen molar-refractivity contribution < 1.29 is 9.18 Å². The molecule has 0 spiro atoms. The zero-order valence-electron chi connectivity index (χ0n) is 18.5. The lowest BCUT2D eigenvalue weighted by molar-refractivity contribution is -0.133. The molecule has 172 valence electrons. The molecule has 0 aliphatic carbocycles. The van der Waals surface area contributed by atoms with Gasteiger partial charge in [0, 0.05) is 48.0 Å². The SMILES string of the molecule is Cc1nc2n(c(=O)c1C)[C@@H](CC(=O)N1CCC[C@H](c3nnc(-c4ccccc4F)s3)C1)CS2. The Bertz CT molecular complexity index is 1270. The average molecular weight is 486 g/mol. The fraction of sp³-hybridized carbons (Fsp3) is 0.435. The highest BCUT2D eigenvalue weighted by Crippen LogP contribution is 2.36. The van der Waals surface area contributed by atoms with Gasteiger partial charge in [0.2, 0.25) is 5.91 Å². The van der Waals surface area contributed by atoms with Crippen molar-refractivity contribution in [2.75, 3.05) is 18.8 Å². The largest absolute Gasteiger partial charge is 0.342 e. The summed E-state index contributed by atoms with van der Waals surface area (Å²) >= 11 is 2.93. The third-order valence-corrected chi connectivity index (χ3v) is 8.62. The van der Waals surface area contributed by atoms with Gasteiger partial charge >= 0.3 is 0 Å². The minimum Gasteiger partial charge on any atom is -0.342 e. The van der Waals surface area contributed by atoms with Crippen molar-refractivity contribution in [3.8, 4) is 10.6 Å². The number of aryl methyl sites for hydroxylation is 1. The first kappa shape index (κ1) is 22.2. The molecule has 7 nitrogen and oxygen atoms in total. The predicted molar refractivity (Wildman–Crippen MR) is 126 cm³/mol. The summed E-state index contributed by atoms with van der Waals surface area (Å²) in [6, 6.07) is 6.38. The van der Waals surface area contributed by atoms with E-state index >= 15 is 0 Å². The third kappa shape index (κ3) is 4.21. The number of benzene rings is 1. The molecule has 1 aromatic carbocycles. The number of halogens is 1. The molecule has 0 unspecified atom stereocenters. The summed E-state index contributed by atoms with van der Waals surface area (Å²) < 4.78 is 15.8. The van der Waals surface area contributed by atoms with Gasteiger partial charge in [0.15, 0.2) is 10.2 Å². The second kappa shape index (κ2) is 8.98. The highest BCUT2D eigenvalue weighted by Gasteiger charge is 2.32. The van der Waals surface area contributed by atoms with Gasteiger partial charge in [0.1, 0.15) is 10.8 Å². The highest BCUT2D eigenvalue weighted by molar-refractivity contribution is 7.99. The Balaban J connectivity index is 1.29. The van der Waals surface area contributed by atoms with Gasteiger partial charge in [0.05, 0.1) is 6.04 Å². The Morgan fingerprint density at radius 2 is 2.06 bits per heavy atom. The number of hydrogen-bond donors (Lipinski definition) is 0. The monoisotopic (exact) mass is 485 g/mol. The molecule has 0 radical (unpaired) electrons. The number of nitrogens with zero attached hydrogens (tertiary/aromatic N) is 5. The number of rotatable bonds is 4. The summed E-state index contributed by atoms with van der Waals surface area (Å²) in [5.74, 6) is 0.490. The first-order chi connectivity index (χ1) is 15.9. The standard InChI is InChI=1S/C23H24FN5O2S2/c1-13-14(2)25-23-29(22(13)31)16(12-32-23)10-19(30)28-9-5-6-15(11-28)20-26-27-21(33-20)17-7-3-4-8-18(17)24/h3-4,7-8,15-16H,5-6,9-12H2,1-2H3/t15-,16-/m0/s1. The number of amides is 1. The Morgan fingerprint density at radius 1 is 1.24 bits per heavy atom. The number of thioether (sulfide) groups is 1. The number of aromatic nitrogens is 4. The third-order valence-electron chi connectivity index (χ3n) is 6.40. The maximum atomic E-state index is 14.1. The van der Waals surface area contributed by atoms with Crippen LogP contribution >= 0.6 is 23.1 Å². The summed E-state index contributed by atoms with van der Waals surface area (Å²) in [4.78, 5) is 32.4. The molecule has 2 aliphatic rings. The molecule has 1 fully saturated rings. The van der Waals surface area contributed by atoms with Crippen LogP contribution in [0.1, 0.15) is 47.5 Å². The van der Waals surface area contributed by atoms with Crippen molar-refractivity contribution in [3.05, 3.63) is 56.7 Å². The molecule has 4 heterocycles. The fourth-order valence-electron chi connectivity index (χ4n) is 4.40. The summed E-state index contributed by atoms with van der Waals surface area (Å²) in [5.41, 5.74) is 1.79. The topological polar surface area (TPSA) is 81.0 Å². The smallest absolute Gasteiger partial charge is 0.257 e. The van der Waals surface area contributed by atoms with Crippen molar-refractivity contribution in [1.82, 2.24) is 24.6 Å². The molecule has 1 amide bonds. The molecular weight excluding hydrogens is 461 g/mol. The van der Waals surface area contributed by atoms with E-state index in [0.29, 0.717) is 40.1 Å². The Hall–Kier alpha value is -2.59. The molecule has 0 bridgehead atoms. The van der Waals surface area contributed by atoms with Gasteiger partial charge in [-0.3, -0.25) is 14.2 Å². The van der Waals surface area contributed by atoms with E-state index in [-0.39, 0.29) is 35.7 Å². The molecule has 0 N–H and O–H groups in total. The predicted octanol–water partition coefficient (Wildman–Crippen LogP) is 3.96. The van der Waals surface area contributed by atoms with Crippen LogP contribution in [0.5, 0.6) is 0 Å². The number of carbonyl (C=O) groups excluding carboxylic acids is 1. The lowest BCUT2D eigenvalue weighted by atomic mass is 9.98. The van der Waals surface area contributed by atoms with Crippen molar-refractivity contribution in [3.63, 3.8) is 0 Å². The first-order valence-electron chi connectivity index (χ1n) is 11.0. The minimum absolute atomic E-state index is 0.0436. The summed E-state index contributed by atoms with van der Waals surface area (Å²) in [6.07, 6.45) is 2.08. The second-order valence-electron chi connectivity index (χ2n) is 8.55. The lowest BCUT2D eigenvalue weighted by Crippen LogP contribution is -2.40. The second-order valence-corrected chi connectivity index (χ2v) is 10.5. The quantitative estimate of drug-likeness (QED) is 0.521. The van der Waals surface area contributed by atoms with E-state index in [2.05, 4.69) is 15.2 Å². The van der Waals surface area contributed by atoms with E-state index in [1.807, 2.05) is 11.8 Å². The number of carbonyl (C=O) groups is 1. The minimum atomic E-state index is -0.314. The maximum absolute atomic E-state index is 14.1. The summed E-state index contributed by atoms with van der Waals surface area (Å²) in [6.45, 7) is 4.89. The number of likely N-dealkylation sites (tertiary alicyclic amines) is 1. The molecule has 2 aromatic heterocycles. The van der Waals surface area contributed by atoms with E-state index < -0.39 is 0 Å². The van der Waals surface area contributed by atoms with Gasteiger partial charge in [-0.2, -0.15) is 0 Å². The normalized spacial score (nSPS) is 20.2. The van der Waals surface area contributed by atoms with E-state index in [1.54, 1.807) is 29.7 Å². The zero-order valence-corrected chi connectivity index (χ0v) is 20.1. The first-order valence-corrected chi connectivity index (χ1v) is 12.8. The van der Waals surface area contributed by atoms with Gasteiger partial charge < -0.3 is 4.90 Å².